The van der Waals surface area contributed by atoms with Crippen LogP contribution in [0.15, 0.2) is 4.52 Å². The highest BCUT2D eigenvalue weighted by molar-refractivity contribution is 5.90. The molecule has 0 saturated carbocycles. The van der Waals surface area contributed by atoms with Gasteiger partial charge in [0.2, 0.25) is 5.89 Å². The first kappa shape index (κ1) is 14.9. The van der Waals surface area contributed by atoms with Gasteiger partial charge in [-0.25, -0.2) is 0 Å². The van der Waals surface area contributed by atoms with Crippen LogP contribution in [0, 0.1) is 0 Å². The van der Waals surface area contributed by atoms with Crippen molar-refractivity contribution < 1.29 is 9.32 Å². The van der Waals surface area contributed by atoms with Crippen molar-refractivity contribution in [1.29, 1.82) is 0 Å². The molecule has 7 nitrogen and oxygen atoms in total. The highest BCUT2D eigenvalue weighted by atomic mass is 16.5. The lowest BCUT2D eigenvalue weighted by atomic mass is 10.2. The monoisotopic (exact) mass is 281 g/mol. The lowest BCUT2D eigenvalue weighted by molar-refractivity contribution is 0.0775. The van der Waals surface area contributed by atoms with Crippen molar-refractivity contribution in [2.24, 2.45) is 0 Å². The molecule has 0 radical (unpaired) electrons. The van der Waals surface area contributed by atoms with Gasteiger partial charge in [0.15, 0.2) is 0 Å². The van der Waals surface area contributed by atoms with Crippen molar-refractivity contribution in [2.75, 3.05) is 40.8 Å². The molecule has 1 amide bonds. The third-order valence-electron chi connectivity index (χ3n) is 3.44. The Morgan fingerprint density at radius 1 is 1.40 bits per heavy atom. The third kappa shape index (κ3) is 3.77. The molecule has 1 saturated heterocycles. The van der Waals surface area contributed by atoms with Gasteiger partial charge in [0, 0.05) is 13.6 Å². The Hall–Kier alpha value is -1.47. The molecule has 7 heteroatoms. The Bertz CT molecular complexity index is 440. The number of amides is 1. The molecule has 1 aromatic heterocycles. The van der Waals surface area contributed by atoms with Crippen molar-refractivity contribution in [3.8, 4) is 0 Å². The first-order valence-corrected chi connectivity index (χ1v) is 7.05. The van der Waals surface area contributed by atoms with Gasteiger partial charge in [0.1, 0.15) is 0 Å². The summed E-state index contributed by atoms with van der Waals surface area (Å²) in [4.78, 5) is 20.1. The minimum atomic E-state index is -0.184. The minimum absolute atomic E-state index is 0.100. The zero-order valence-electron chi connectivity index (χ0n) is 12.4. The number of nitrogens with one attached hydrogen (secondary N) is 1. The number of hydrogen-bond donors (Lipinski definition) is 1. The van der Waals surface area contributed by atoms with E-state index in [-0.39, 0.29) is 17.8 Å². The van der Waals surface area contributed by atoms with Crippen LogP contribution in [0.5, 0.6) is 0 Å². The molecule has 1 unspecified atom stereocenters. The van der Waals surface area contributed by atoms with E-state index in [1.807, 2.05) is 14.1 Å². The molecule has 20 heavy (non-hydrogen) atoms. The van der Waals surface area contributed by atoms with E-state index in [0.29, 0.717) is 12.4 Å². The van der Waals surface area contributed by atoms with Crippen LogP contribution in [-0.2, 0) is 0 Å². The van der Waals surface area contributed by atoms with Crippen LogP contribution in [0.25, 0.3) is 0 Å². The summed E-state index contributed by atoms with van der Waals surface area (Å²) in [6.45, 7) is 2.59. The number of carbonyl (C=O) groups is 1. The summed E-state index contributed by atoms with van der Waals surface area (Å²) < 4.78 is 5.18. The van der Waals surface area contributed by atoms with Crippen molar-refractivity contribution in [2.45, 2.75) is 25.3 Å². The van der Waals surface area contributed by atoms with E-state index in [1.54, 1.807) is 11.9 Å². The Morgan fingerprint density at radius 3 is 2.85 bits per heavy atom. The van der Waals surface area contributed by atoms with Crippen LogP contribution in [-0.4, -0.2) is 66.6 Å². The summed E-state index contributed by atoms with van der Waals surface area (Å²) in [5.74, 6) is 0.491. The number of nitrogens with zero attached hydrogens (tertiary/aromatic N) is 4. The van der Waals surface area contributed by atoms with Gasteiger partial charge in [-0.1, -0.05) is 5.16 Å². The van der Waals surface area contributed by atoms with Gasteiger partial charge in [-0.2, -0.15) is 4.98 Å². The Labute approximate surface area is 119 Å². The van der Waals surface area contributed by atoms with Gasteiger partial charge < -0.3 is 19.6 Å². The minimum Gasteiger partial charge on any atom is -0.339 e. The standard InChI is InChI=1S/C13H23N5O2/c1-17(2)8-5-9-18(3)13(19)11-15-12(20-16-11)10-6-4-7-14-10/h10,14H,4-9H2,1-3H3. The Kier molecular flexibility index (Phi) is 5.08. The Balaban J connectivity index is 1.88. The van der Waals surface area contributed by atoms with Crippen LogP contribution in [0.4, 0.5) is 0 Å². The second kappa shape index (κ2) is 6.81. The van der Waals surface area contributed by atoms with E-state index in [2.05, 4.69) is 20.4 Å². The maximum absolute atomic E-state index is 12.2. The summed E-state index contributed by atoms with van der Waals surface area (Å²) in [5.41, 5.74) is 0. The summed E-state index contributed by atoms with van der Waals surface area (Å²) in [5, 5.41) is 7.07. The smallest absolute Gasteiger partial charge is 0.295 e. The van der Waals surface area contributed by atoms with Crippen LogP contribution < -0.4 is 5.32 Å². The topological polar surface area (TPSA) is 74.5 Å². The molecule has 1 aromatic rings. The van der Waals surface area contributed by atoms with Gasteiger partial charge >= 0.3 is 0 Å². The van der Waals surface area contributed by atoms with E-state index >= 15 is 0 Å². The number of carbonyl (C=O) groups excluding carboxylic acids is 1. The molecule has 112 valence electrons. The largest absolute Gasteiger partial charge is 0.339 e. The zero-order valence-corrected chi connectivity index (χ0v) is 12.4. The molecule has 2 rings (SSSR count). The molecule has 2 heterocycles. The number of aromatic nitrogens is 2. The third-order valence-corrected chi connectivity index (χ3v) is 3.44. The van der Waals surface area contributed by atoms with Crippen LogP contribution >= 0.6 is 0 Å². The molecule has 0 aliphatic carbocycles. The second-order valence-corrected chi connectivity index (χ2v) is 5.49. The highest BCUT2D eigenvalue weighted by Crippen LogP contribution is 2.21. The fourth-order valence-electron chi connectivity index (χ4n) is 2.26. The van der Waals surface area contributed by atoms with Crippen molar-refractivity contribution in [1.82, 2.24) is 25.3 Å². The van der Waals surface area contributed by atoms with Crippen molar-refractivity contribution in [3.63, 3.8) is 0 Å². The first-order valence-electron chi connectivity index (χ1n) is 7.05. The van der Waals surface area contributed by atoms with E-state index in [0.717, 1.165) is 32.4 Å². The van der Waals surface area contributed by atoms with Gasteiger partial charge in [-0.05, 0) is 46.4 Å². The van der Waals surface area contributed by atoms with Gasteiger partial charge in [-0.15, -0.1) is 0 Å². The van der Waals surface area contributed by atoms with E-state index in [1.165, 1.54) is 0 Å². The molecule has 1 atom stereocenters. The maximum Gasteiger partial charge on any atom is 0.295 e. The summed E-state index contributed by atoms with van der Waals surface area (Å²) >= 11 is 0. The lowest BCUT2D eigenvalue weighted by Gasteiger charge is -2.16. The Morgan fingerprint density at radius 2 is 2.20 bits per heavy atom. The normalized spacial score (nSPS) is 18.7. The van der Waals surface area contributed by atoms with Crippen LogP contribution in [0.1, 0.15) is 41.8 Å². The van der Waals surface area contributed by atoms with Gasteiger partial charge in [0.05, 0.1) is 6.04 Å². The second-order valence-electron chi connectivity index (χ2n) is 5.49. The number of hydrogen-bond acceptors (Lipinski definition) is 6. The maximum atomic E-state index is 12.2. The molecular formula is C13H23N5O2. The molecule has 1 fully saturated rings. The van der Waals surface area contributed by atoms with E-state index in [9.17, 15) is 4.79 Å². The quantitative estimate of drug-likeness (QED) is 0.819. The molecular weight excluding hydrogens is 258 g/mol. The predicted molar refractivity (Wildman–Crippen MR) is 74.4 cm³/mol. The molecule has 0 bridgehead atoms. The summed E-state index contributed by atoms with van der Waals surface area (Å²) in [6.07, 6.45) is 3.00. The van der Waals surface area contributed by atoms with E-state index < -0.39 is 0 Å². The van der Waals surface area contributed by atoms with Crippen LogP contribution in [0.2, 0.25) is 0 Å². The molecule has 1 aliphatic rings. The summed E-state index contributed by atoms with van der Waals surface area (Å²) in [7, 11) is 5.80. The lowest BCUT2D eigenvalue weighted by Crippen LogP contribution is -2.30. The number of rotatable bonds is 6. The molecule has 0 aromatic carbocycles. The van der Waals surface area contributed by atoms with E-state index in [4.69, 9.17) is 4.52 Å². The van der Waals surface area contributed by atoms with Crippen molar-refractivity contribution >= 4 is 5.91 Å². The fourth-order valence-corrected chi connectivity index (χ4v) is 2.26. The highest BCUT2D eigenvalue weighted by Gasteiger charge is 2.25. The average Bonchev–Trinajstić information content (AvgIpc) is 3.07. The van der Waals surface area contributed by atoms with Gasteiger partial charge in [0.25, 0.3) is 11.7 Å². The zero-order chi connectivity index (χ0) is 14.5. The molecule has 1 N–H and O–H groups in total. The average molecular weight is 281 g/mol. The van der Waals surface area contributed by atoms with Crippen molar-refractivity contribution in [3.05, 3.63) is 11.7 Å². The van der Waals surface area contributed by atoms with Crippen LogP contribution in [0.3, 0.4) is 0 Å². The first-order chi connectivity index (χ1) is 9.58. The fraction of sp³-hybridized carbons (Fsp3) is 0.769. The SMILES string of the molecule is CN(C)CCCN(C)C(=O)c1noc(C2CCCN2)n1. The molecule has 1 aliphatic heterocycles. The predicted octanol–water partition coefficient (Wildman–Crippen LogP) is 0.518. The summed E-state index contributed by atoms with van der Waals surface area (Å²) in [6, 6.07) is 0.100. The molecule has 0 spiro atoms. The van der Waals surface area contributed by atoms with Gasteiger partial charge in [-0.3, -0.25) is 4.79 Å².